The van der Waals surface area contributed by atoms with Crippen molar-refractivity contribution in [1.82, 2.24) is 15.2 Å². The number of nitrogens with two attached hydrogens (primary N) is 1. The molecule has 3 aromatic rings. The van der Waals surface area contributed by atoms with E-state index in [0.717, 1.165) is 52.6 Å². The third kappa shape index (κ3) is 2.96. The minimum atomic E-state index is 0. The number of halogens is 1. The first kappa shape index (κ1) is 16.0. The van der Waals surface area contributed by atoms with Crippen molar-refractivity contribution < 1.29 is 0 Å². The largest absolute Gasteiger partial charge is 0.382 e. The fourth-order valence-electron chi connectivity index (χ4n) is 2.84. The van der Waals surface area contributed by atoms with E-state index >= 15 is 0 Å². The van der Waals surface area contributed by atoms with Crippen LogP contribution in [0.4, 0.5) is 11.6 Å². The molecule has 0 amide bonds. The summed E-state index contributed by atoms with van der Waals surface area (Å²) in [5, 5.41) is 8.00. The quantitative estimate of drug-likeness (QED) is 0.745. The maximum atomic E-state index is 6.04. The molecule has 1 aromatic carbocycles. The van der Waals surface area contributed by atoms with Gasteiger partial charge in [-0.2, -0.15) is 16.9 Å². The Morgan fingerprint density at radius 2 is 1.87 bits per heavy atom. The third-order valence-corrected chi connectivity index (χ3v) is 4.91. The predicted octanol–water partition coefficient (Wildman–Crippen LogP) is 3.18. The van der Waals surface area contributed by atoms with Crippen LogP contribution < -0.4 is 10.6 Å². The van der Waals surface area contributed by atoms with Gasteiger partial charge in [0.05, 0.1) is 5.39 Å². The highest BCUT2D eigenvalue weighted by molar-refractivity contribution is 7.99. The number of aromatic amines is 1. The molecule has 5 nitrogen and oxygen atoms in total. The van der Waals surface area contributed by atoms with Gasteiger partial charge in [-0.15, -0.1) is 12.4 Å². The molecule has 1 aliphatic rings. The second-order valence-corrected chi connectivity index (χ2v) is 6.55. The maximum absolute atomic E-state index is 6.04. The van der Waals surface area contributed by atoms with Crippen LogP contribution in [0, 0.1) is 0 Å². The molecule has 1 saturated heterocycles. The van der Waals surface area contributed by atoms with Crippen LogP contribution in [0.5, 0.6) is 0 Å². The van der Waals surface area contributed by atoms with Crippen molar-refractivity contribution in [3.8, 4) is 11.1 Å². The highest BCUT2D eigenvalue weighted by Gasteiger charge is 2.18. The lowest BCUT2D eigenvalue weighted by Gasteiger charge is -2.27. The van der Waals surface area contributed by atoms with Crippen LogP contribution >= 0.6 is 24.2 Å². The summed E-state index contributed by atoms with van der Waals surface area (Å²) in [6.07, 6.45) is 0. The molecule has 0 radical (unpaired) electrons. The molecule has 7 heteroatoms. The van der Waals surface area contributed by atoms with Crippen LogP contribution in [0.25, 0.3) is 22.2 Å². The van der Waals surface area contributed by atoms with Crippen LogP contribution in [0.1, 0.15) is 0 Å². The molecular formula is C16H18ClN5S. The zero-order valence-electron chi connectivity index (χ0n) is 12.5. The molecule has 3 N–H and O–H groups in total. The Hall–Kier alpha value is -1.92. The van der Waals surface area contributed by atoms with E-state index in [0.29, 0.717) is 5.82 Å². The highest BCUT2D eigenvalue weighted by Crippen LogP contribution is 2.33. The van der Waals surface area contributed by atoms with E-state index in [4.69, 9.17) is 10.7 Å². The zero-order valence-corrected chi connectivity index (χ0v) is 14.2. The van der Waals surface area contributed by atoms with E-state index in [1.54, 1.807) is 0 Å². The number of aromatic nitrogens is 3. The molecule has 0 atom stereocenters. The van der Waals surface area contributed by atoms with E-state index in [9.17, 15) is 0 Å². The smallest absolute Gasteiger partial charge is 0.160 e. The Labute approximate surface area is 145 Å². The number of pyridine rings is 1. The molecular weight excluding hydrogens is 330 g/mol. The monoisotopic (exact) mass is 347 g/mol. The molecule has 0 unspecified atom stereocenters. The zero-order chi connectivity index (χ0) is 14.9. The maximum Gasteiger partial charge on any atom is 0.160 e. The lowest BCUT2D eigenvalue weighted by Crippen LogP contribution is -2.33. The second-order valence-electron chi connectivity index (χ2n) is 5.33. The van der Waals surface area contributed by atoms with Crippen LogP contribution in [0.15, 0.2) is 36.4 Å². The summed E-state index contributed by atoms with van der Waals surface area (Å²) in [4.78, 5) is 7.06. The molecule has 0 bridgehead atoms. The average Bonchev–Trinajstić information content (AvgIpc) is 2.97. The van der Waals surface area contributed by atoms with Crippen molar-refractivity contribution in [3.63, 3.8) is 0 Å². The summed E-state index contributed by atoms with van der Waals surface area (Å²) in [5.41, 5.74) is 9.02. The normalized spacial score (nSPS) is 14.7. The lowest BCUT2D eigenvalue weighted by molar-refractivity contribution is 0.841. The number of rotatable bonds is 2. The van der Waals surface area contributed by atoms with E-state index < -0.39 is 0 Å². The standard InChI is InChI=1S/C16H17N5S.ClH/c17-15-14-12(11-4-2-1-3-5-11)10-13(18-16(14)20-19-15)21-6-8-22-9-7-21;/h1-5,10H,6-9H2,(H3,17,18,19,20);1H. The van der Waals surface area contributed by atoms with Gasteiger partial charge >= 0.3 is 0 Å². The molecule has 0 aliphatic carbocycles. The summed E-state index contributed by atoms with van der Waals surface area (Å²) in [6, 6.07) is 12.4. The van der Waals surface area contributed by atoms with Gasteiger partial charge in [-0.3, -0.25) is 5.10 Å². The Bertz CT molecular complexity index is 799. The van der Waals surface area contributed by atoms with Gasteiger partial charge in [-0.1, -0.05) is 30.3 Å². The summed E-state index contributed by atoms with van der Waals surface area (Å²) in [5.74, 6) is 3.79. The van der Waals surface area contributed by atoms with Crippen LogP contribution in [-0.2, 0) is 0 Å². The van der Waals surface area contributed by atoms with Gasteiger partial charge in [0, 0.05) is 30.2 Å². The Morgan fingerprint density at radius 3 is 2.61 bits per heavy atom. The number of thioether (sulfide) groups is 1. The summed E-state index contributed by atoms with van der Waals surface area (Å²) in [6.45, 7) is 2.06. The van der Waals surface area contributed by atoms with Gasteiger partial charge in [-0.05, 0) is 11.6 Å². The van der Waals surface area contributed by atoms with Crippen LogP contribution in [0.3, 0.4) is 0 Å². The minimum Gasteiger partial charge on any atom is -0.382 e. The average molecular weight is 348 g/mol. The minimum absolute atomic E-state index is 0. The number of nitrogens with one attached hydrogen (secondary N) is 1. The first-order chi connectivity index (χ1) is 10.8. The Morgan fingerprint density at radius 1 is 1.13 bits per heavy atom. The first-order valence-electron chi connectivity index (χ1n) is 7.35. The van der Waals surface area contributed by atoms with Gasteiger partial charge < -0.3 is 10.6 Å². The Balaban J connectivity index is 0.00000156. The molecule has 0 spiro atoms. The number of benzene rings is 1. The van der Waals surface area contributed by atoms with Gasteiger partial charge in [0.1, 0.15) is 5.82 Å². The molecule has 23 heavy (non-hydrogen) atoms. The fraction of sp³-hybridized carbons (Fsp3) is 0.250. The lowest BCUT2D eigenvalue weighted by atomic mass is 10.0. The van der Waals surface area contributed by atoms with Crippen LogP contribution in [-0.4, -0.2) is 39.8 Å². The van der Waals surface area contributed by atoms with Crippen molar-refractivity contribution in [3.05, 3.63) is 36.4 Å². The summed E-state index contributed by atoms with van der Waals surface area (Å²) in [7, 11) is 0. The van der Waals surface area contributed by atoms with Gasteiger partial charge in [0.2, 0.25) is 0 Å². The number of anilines is 2. The van der Waals surface area contributed by atoms with E-state index in [2.05, 4.69) is 33.3 Å². The number of nitrogens with zero attached hydrogens (tertiary/aromatic N) is 3. The summed E-state index contributed by atoms with van der Waals surface area (Å²) >= 11 is 1.99. The molecule has 120 valence electrons. The topological polar surface area (TPSA) is 70.8 Å². The number of fused-ring (bicyclic) bond motifs is 1. The SMILES string of the molecule is Cl.Nc1n[nH]c2nc(N3CCSCC3)cc(-c3ccccc3)c12. The number of hydrogen-bond acceptors (Lipinski definition) is 5. The second kappa shape index (κ2) is 6.68. The number of nitrogen functional groups attached to an aromatic ring is 1. The third-order valence-electron chi connectivity index (χ3n) is 3.96. The molecule has 3 heterocycles. The highest BCUT2D eigenvalue weighted by atomic mass is 35.5. The van der Waals surface area contributed by atoms with Gasteiger partial charge in [0.25, 0.3) is 0 Å². The van der Waals surface area contributed by atoms with Crippen molar-refractivity contribution in [2.45, 2.75) is 0 Å². The first-order valence-corrected chi connectivity index (χ1v) is 8.51. The molecule has 0 saturated carbocycles. The number of hydrogen-bond donors (Lipinski definition) is 2. The van der Waals surface area contributed by atoms with Crippen molar-refractivity contribution in [2.24, 2.45) is 0 Å². The van der Waals surface area contributed by atoms with Crippen molar-refractivity contribution >= 4 is 46.8 Å². The summed E-state index contributed by atoms with van der Waals surface area (Å²) < 4.78 is 0. The fourth-order valence-corrected chi connectivity index (χ4v) is 3.74. The molecule has 4 rings (SSSR count). The molecule has 1 fully saturated rings. The van der Waals surface area contributed by atoms with Gasteiger partial charge in [-0.25, -0.2) is 4.98 Å². The van der Waals surface area contributed by atoms with Crippen molar-refractivity contribution in [2.75, 3.05) is 35.2 Å². The number of H-pyrrole nitrogens is 1. The Kier molecular flexibility index (Phi) is 4.63. The van der Waals surface area contributed by atoms with E-state index in [1.165, 1.54) is 0 Å². The van der Waals surface area contributed by atoms with Crippen LogP contribution in [0.2, 0.25) is 0 Å². The van der Waals surface area contributed by atoms with E-state index in [-0.39, 0.29) is 12.4 Å². The molecule has 1 aliphatic heterocycles. The van der Waals surface area contributed by atoms with Crippen molar-refractivity contribution in [1.29, 1.82) is 0 Å². The molecule has 2 aromatic heterocycles. The van der Waals surface area contributed by atoms with Gasteiger partial charge in [0.15, 0.2) is 11.5 Å². The van der Waals surface area contributed by atoms with E-state index in [1.807, 2.05) is 30.0 Å². The predicted molar refractivity (Wildman–Crippen MR) is 101 cm³/mol.